The van der Waals surface area contributed by atoms with Crippen LogP contribution in [0.5, 0.6) is 0 Å². The van der Waals surface area contributed by atoms with E-state index < -0.39 is 0 Å². The van der Waals surface area contributed by atoms with E-state index in [9.17, 15) is 5.11 Å². The van der Waals surface area contributed by atoms with Crippen LogP contribution in [0.2, 0.25) is 0 Å². The van der Waals surface area contributed by atoms with Crippen LogP contribution in [0, 0.1) is 17.3 Å². The number of hydrogen-bond acceptors (Lipinski definition) is 3. The van der Waals surface area contributed by atoms with Gasteiger partial charge in [-0.1, -0.05) is 26.2 Å². The molecule has 134 valence electrons. The smallest absolute Gasteiger partial charge is 0.191 e. The lowest BCUT2D eigenvalue weighted by Crippen LogP contribution is -2.42. The Hall–Kier alpha value is -0.810. The number of hydrogen-bond donors (Lipinski definition) is 3. The molecule has 1 saturated heterocycles. The summed E-state index contributed by atoms with van der Waals surface area (Å²) < 4.78 is 5.55. The van der Waals surface area contributed by atoms with Crippen molar-refractivity contribution in [2.24, 2.45) is 22.2 Å². The zero-order valence-electron chi connectivity index (χ0n) is 14.9. The zero-order valence-corrected chi connectivity index (χ0v) is 14.9. The van der Waals surface area contributed by atoms with Gasteiger partial charge in [0.2, 0.25) is 0 Å². The molecule has 0 aromatic heterocycles. The monoisotopic (exact) mass is 325 g/mol. The van der Waals surface area contributed by atoms with Crippen molar-refractivity contribution in [3.8, 4) is 0 Å². The maximum atomic E-state index is 9.33. The summed E-state index contributed by atoms with van der Waals surface area (Å²) >= 11 is 0. The van der Waals surface area contributed by atoms with E-state index in [1.54, 1.807) is 0 Å². The van der Waals surface area contributed by atoms with E-state index in [1.165, 1.54) is 25.7 Å². The topological polar surface area (TPSA) is 65.9 Å². The zero-order chi connectivity index (χ0) is 16.5. The summed E-state index contributed by atoms with van der Waals surface area (Å²) in [7, 11) is 0. The Morgan fingerprint density at radius 2 is 2.13 bits per heavy atom. The van der Waals surface area contributed by atoms with Gasteiger partial charge in [0, 0.05) is 31.7 Å². The number of nitrogens with zero attached hydrogens (tertiary/aromatic N) is 1. The Balaban J connectivity index is 1.88. The largest absolute Gasteiger partial charge is 0.396 e. The molecular weight excluding hydrogens is 290 g/mol. The Bertz CT molecular complexity index is 367. The standard InChI is InChI=1S/C18H35N3O2/c1-3-19-17(20-12-16-7-5-4-6-15(16)2)21-13-18(8-10-22)9-11-23-14-18/h15-16,22H,3-14H2,1-2H3,(H2,19,20,21). The third-order valence-corrected chi connectivity index (χ3v) is 5.56. The van der Waals surface area contributed by atoms with Crippen molar-refractivity contribution >= 4 is 5.96 Å². The average molecular weight is 325 g/mol. The molecule has 0 aromatic rings. The van der Waals surface area contributed by atoms with Crippen molar-refractivity contribution in [2.75, 3.05) is 39.5 Å². The molecule has 5 heteroatoms. The highest BCUT2D eigenvalue weighted by Gasteiger charge is 2.34. The Labute approximate surface area is 141 Å². The number of nitrogens with one attached hydrogen (secondary N) is 2. The molecule has 1 aliphatic carbocycles. The quantitative estimate of drug-likeness (QED) is 0.496. The number of aliphatic imine (C=N–C) groups is 1. The van der Waals surface area contributed by atoms with Crippen LogP contribution < -0.4 is 10.6 Å². The predicted octanol–water partition coefficient (Wildman–Crippen LogP) is 2.16. The minimum absolute atomic E-state index is 0.0230. The molecule has 3 atom stereocenters. The van der Waals surface area contributed by atoms with Crippen molar-refractivity contribution in [1.29, 1.82) is 0 Å². The SMILES string of the molecule is CCNC(=NCC1(CCO)CCOC1)NCC1CCCCC1C. The molecular formula is C18H35N3O2. The average Bonchev–Trinajstić information content (AvgIpc) is 3.01. The molecule has 0 bridgehead atoms. The lowest BCUT2D eigenvalue weighted by atomic mass is 9.80. The highest BCUT2D eigenvalue weighted by Crippen LogP contribution is 2.32. The molecule has 5 nitrogen and oxygen atoms in total. The third kappa shape index (κ3) is 5.64. The van der Waals surface area contributed by atoms with Gasteiger partial charge in [-0.2, -0.15) is 0 Å². The van der Waals surface area contributed by atoms with Gasteiger partial charge >= 0.3 is 0 Å². The molecule has 3 N–H and O–H groups in total. The van der Waals surface area contributed by atoms with E-state index in [-0.39, 0.29) is 12.0 Å². The van der Waals surface area contributed by atoms with Crippen LogP contribution in [0.1, 0.15) is 52.4 Å². The van der Waals surface area contributed by atoms with E-state index in [4.69, 9.17) is 9.73 Å². The molecule has 23 heavy (non-hydrogen) atoms. The Kier molecular flexibility index (Phi) is 7.63. The highest BCUT2D eigenvalue weighted by atomic mass is 16.5. The normalized spacial score (nSPS) is 32.0. The van der Waals surface area contributed by atoms with Crippen LogP contribution >= 0.6 is 0 Å². The number of rotatable bonds is 7. The first-order valence-electron chi connectivity index (χ1n) is 9.40. The van der Waals surface area contributed by atoms with E-state index in [0.29, 0.717) is 0 Å². The number of aliphatic hydroxyl groups excluding tert-OH is 1. The number of guanidine groups is 1. The first-order valence-corrected chi connectivity index (χ1v) is 9.40. The van der Waals surface area contributed by atoms with Gasteiger partial charge < -0.3 is 20.5 Å². The summed E-state index contributed by atoms with van der Waals surface area (Å²) in [5.74, 6) is 2.48. The molecule has 2 aliphatic rings. The highest BCUT2D eigenvalue weighted by molar-refractivity contribution is 5.79. The molecule has 1 heterocycles. The van der Waals surface area contributed by atoms with Gasteiger partial charge in [0.15, 0.2) is 5.96 Å². The fourth-order valence-electron chi connectivity index (χ4n) is 3.80. The van der Waals surface area contributed by atoms with Crippen LogP contribution in [-0.2, 0) is 4.74 Å². The predicted molar refractivity (Wildman–Crippen MR) is 94.7 cm³/mol. The lowest BCUT2D eigenvalue weighted by Gasteiger charge is -2.30. The summed E-state index contributed by atoms with van der Waals surface area (Å²) in [6.07, 6.45) is 7.20. The maximum absolute atomic E-state index is 9.33. The van der Waals surface area contributed by atoms with Crippen molar-refractivity contribution in [1.82, 2.24) is 10.6 Å². The maximum Gasteiger partial charge on any atom is 0.191 e. The molecule has 1 saturated carbocycles. The van der Waals surface area contributed by atoms with Gasteiger partial charge in [-0.15, -0.1) is 0 Å². The minimum Gasteiger partial charge on any atom is -0.396 e. The number of aliphatic hydroxyl groups is 1. The van der Waals surface area contributed by atoms with E-state index in [0.717, 1.165) is 63.5 Å². The summed E-state index contributed by atoms with van der Waals surface area (Å²) in [6, 6.07) is 0. The van der Waals surface area contributed by atoms with Crippen LogP contribution in [0.15, 0.2) is 4.99 Å². The third-order valence-electron chi connectivity index (χ3n) is 5.56. The summed E-state index contributed by atoms with van der Waals surface area (Å²) in [5.41, 5.74) is 0.0230. The molecule has 0 aromatic carbocycles. The fraction of sp³-hybridized carbons (Fsp3) is 0.944. The summed E-state index contributed by atoms with van der Waals surface area (Å²) in [6.45, 7) is 8.80. The first-order chi connectivity index (χ1) is 11.2. The van der Waals surface area contributed by atoms with Crippen molar-refractivity contribution in [2.45, 2.75) is 52.4 Å². The van der Waals surface area contributed by atoms with Gasteiger partial charge in [-0.25, -0.2) is 0 Å². The molecule has 0 spiro atoms. The molecule has 2 fully saturated rings. The molecule has 3 unspecified atom stereocenters. The lowest BCUT2D eigenvalue weighted by molar-refractivity contribution is 0.131. The van der Waals surface area contributed by atoms with Gasteiger partial charge in [-0.05, 0) is 38.0 Å². The van der Waals surface area contributed by atoms with Crippen molar-refractivity contribution in [3.05, 3.63) is 0 Å². The molecule has 1 aliphatic heterocycles. The Morgan fingerprint density at radius 1 is 1.30 bits per heavy atom. The van der Waals surface area contributed by atoms with E-state index >= 15 is 0 Å². The van der Waals surface area contributed by atoms with Gasteiger partial charge in [0.25, 0.3) is 0 Å². The van der Waals surface area contributed by atoms with Crippen LogP contribution in [0.4, 0.5) is 0 Å². The van der Waals surface area contributed by atoms with E-state index in [1.807, 2.05) is 0 Å². The summed E-state index contributed by atoms with van der Waals surface area (Å²) in [4.78, 5) is 4.80. The van der Waals surface area contributed by atoms with Crippen molar-refractivity contribution in [3.63, 3.8) is 0 Å². The Morgan fingerprint density at radius 3 is 2.78 bits per heavy atom. The van der Waals surface area contributed by atoms with E-state index in [2.05, 4.69) is 24.5 Å². The second-order valence-corrected chi connectivity index (χ2v) is 7.37. The van der Waals surface area contributed by atoms with Crippen LogP contribution in [0.25, 0.3) is 0 Å². The summed E-state index contributed by atoms with van der Waals surface area (Å²) in [5, 5.41) is 16.2. The van der Waals surface area contributed by atoms with Gasteiger partial charge in [0.1, 0.15) is 0 Å². The molecule has 2 rings (SSSR count). The van der Waals surface area contributed by atoms with Crippen LogP contribution in [0.3, 0.4) is 0 Å². The van der Waals surface area contributed by atoms with Crippen molar-refractivity contribution < 1.29 is 9.84 Å². The van der Waals surface area contributed by atoms with Gasteiger partial charge in [-0.3, -0.25) is 4.99 Å². The second kappa shape index (κ2) is 9.48. The first kappa shape index (κ1) is 18.5. The van der Waals surface area contributed by atoms with Crippen LogP contribution in [-0.4, -0.2) is 50.5 Å². The second-order valence-electron chi connectivity index (χ2n) is 7.37. The molecule has 0 amide bonds. The molecule has 0 radical (unpaired) electrons. The fourth-order valence-corrected chi connectivity index (χ4v) is 3.80. The number of ether oxygens (including phenoxy) is 1. The minimum atomic E-state index is 0.0230. The van der Waals surface area contributed by atoms with Gasteiger partial charge in [0.05, 0.1) is 13.2 Å².